The van der Waals surface area contributed by atoms with Crippen LogP contribution in [0.2, 0.25) is 0 Å². The summed E-state index contributed by atoms with van der Waals surface area (Å²) in [4.78, 5) is 22.1. The molecule has 0 radical (unpaired) electrons. The molecule has 84 valence electrons. The number of hydrogen-bond acceptors (Lipinski definition) is 3. The highest BCUT2D eigenvalue weighted by Gasteiger charge is 2.00. The van der Waals surface area contributed by atoms with E-state index >= 15 is 0 Å². The van der Waals surface area contributed by atoms with E-state index in [-0.39, 0.29) is 5.91 Å². The van der Waals surface area contributed by atoms with Crippen LogP contribution in [0.15, 0.2) is 30.3 Å². The highest BCUT2D eigenvalue weighted by molar-refractivity contribution is 5.94. The summed E-state index contributed by atoms with van der Waals surface area (Å²) in [6.45, 7) is 0. The second-order valence-electron chi connectivity index (χ2n) is 3.06. The lowest BCUT2D eigenvalue weighted by atomic mass is 10.1. The molecule has 1 amide bonds. The first kappa shape index (κ1) is 12.0. The molecule has 0 saturated heterocycles. The maximum atomic E-state index is 11.2. The van der Waals surface area contributed by atoms with Gasteiger partial charge in [-0.2, -0.15) is 0 Å². The molecule has 0 aromatic heterocycles. The summed E-state index contributed by atoms with van der Waals surface area (Å²) in [7, 11) is 2.90. The molecule has 4 nitrogen and oxygen atoms in total. The number of amides is 1. The highest BCUT2D eigenvalue weighted by Crippen LogP contribution is 2.06. The van der Waals surface area contributed by atoms with Gasteiger partial charge in [0.1, 0.15) is 0 Å². The Morgan fingerprint density at radius 2 is 1.88 bits per heavy atom. The molecule has 1 aromatic rings. The van der Waals surface area contributed by atoms with E-state index in [1.807, 2.05) is 0 Å². The number of nitrogens with one attached hydrogen (secondary N) is 1. The van der Waals surface area contributed by atoms with E-state index in [1.54, 1.807) is 37.4 Å². The summed E-state index contributed by atoms with van der Waals surface area (Å²) in [6.07, 6.45) is 2.95. The molecule has 0 aliphatic rings. The number of rotatable bonds is 3. The van der Waals surface area contributed by atoms with E-state index in [4.69, 9.17) is 0 Å². The Bertz CT molecular complexity index is 407. The van der Waals surface area contributed by atoms with Crippen molar-refractivity contribution in [3.63, 3.8) is 0 Å². The van der Waals surface area contributed by atoms with E-state index in [9.17, 15) is 9.59 Å². The Balaban J connectivity index is 2.75. The molecular formula is C12H13NO3. The molecule has 1 aromatic carbocycles. The molecular weight excluding hydrogens is 206 g/mol. The summed E-state index contributed by atoms with van der Waals surface area (Å²) in [5.41, 5.74) is 1.41. The van der Waals surface area contributed by atoms with Crippen LogP contribution in [0.5, 0.6) is 0 Å². The lowest BCUT2D eigenvalue weighted by Crippen LogP contribution is -2.17. The molecule has 0 bridgehead atoms. The fraction of sp³-hybridized carbons (Fsp3) is 0.167. The minimum Gasteiger partial charge on any atom is -0.466 e. The smallest absolute Gasteiger partial charge is 0.330 e. The molecule has 0 heterocycles. The van der Waals surface area contributed by atoms with Gasteiger partial charge < -0.3 is 10.1 Å². The maximum absolute atomic E-state index is 11.2. The van der Waals surface area contributed by atoms with Crippen LogP contribution in [-0.4, -0.2) is 26.0 Å². The van der Waals surface area contributed by atoms with Gasteiger partial charge in [0, 0.05) is 18.7 Å². The number of carbonyl (C=O) groups excluding carboxylic acids is 2. The summed E-state index contributed by atoms with van der Waals surface area (Å²) >= 11 is 0. The van der Waals surface area contributed by atoms with Crippen LogP contribution < -0.4 is 5.32 Å². The number of carbonyl (C=O) groups is 2. The fourth-order valence-electron chi connectivity index (χ4n) is 1.12. The van der Waals surface area contributed by atoms with Gasteiger partial charge in [-0.1, -0.05) is 12.1 Å². The Hall–Kier alpha value is -2.10. The monoisotopic (exact) mass is 219 g/mol. The number of methoxy groups -OCH3 is 1. The van der Waals surface area contributed by atoms with Gasteiger partial charge in [-0.25, -0.2) is 4.79 Å². The third kappa shape index (κ3) is 3.24. The zero-order valence-electron chi connectivity index (χ0n) is 9.19. The summed E-state index contributed by atoms with van der Waals surface area (Å²) in [6, 6.07) is 6.89. The average Bonchev–Trinajstić information content (AvgIpc) is 2.35. The van der Waals surface area contributed by atoms with Crippen LogP contribution >= 0.6 is 0 Å². The molecule has 0 aliphatic heterocycles. The predicted molar refractivity (Wildman–Crippen MR) is 60.9 cm³/mol. The van der Waals surface area contributed by atoms with Gasteiger partial charge in [0.15, 0.2) is 0 Å². The first-order valence-corrected chi connectivity index (χ1v) is 4.75. The number of ether oxygens (including phenoxy) is 1. The first-order valence-electron chi connectivity index (χ1n) is 4.75. The average molecular weight is 219 g/mol. The van der Waals surface area contributed by atoms with E-state index in [1.165, 1.54) is 13.2 Å². The second kappa shape index (κ2) is 5.70. The second-order valence-corrected chi connectivity index (χ2v) is 3.06. The minimum absolute atomic E-state index is 0.136. The standard InChI is InChI=1S/C12H13NO3/c1-13-12(15)10-6-3-9(4-7-10)5-8-11(14)16-2/h3-8H,1-2H3,(H,13,15). The lowest BCUT2D eigenvalue weighted by molar-refractivity contribution is -0.134. The van der Waals surface area contributed by atoms with Crippen molar-refractivity contribution in [2.45, 2.75) is 0 Å². The third-order valence-electron chi connectivity index (χ3n) is 2.01. The number of hydrogen-bond donors (Lipinski definition) is 1. The third-order valence-corrected chi connectivity index (χ3v) is 2.01. The van der Waals surface area contributed by atoms with Gasteiger partial charge in [-0.05, 0) is 23.8 Å². The molecule has 0 fully saturated rings. The Morgan fingerprint density at radius 3 is 2.38 bits per heavy atom. The van der Waals surface area contributed by atoms with Gasteiger partial charge in [0.2, 0.25) is 0 Å². The molecule has 0 aliphatic carbocycles. The summed E-state index contributed by atoms with van der Waals surface area (Å²) in [5, 5.41) is 2.53. The normalized spacial score (nSPS) is 10.1. The molecule has 0 atom stereocenters. The van der Waals surface area contributed by atoms with Crippen molar-refractivity contribution in [3.05, 3.63) is 41.5 Å². The van der Waals surface area contributed by atoms with Gasteiger partial charge in [-0.3, -0.25) is 4.79 Å². The largest absolute Gasteiger partial charge is 0.466 e. The van der Waals surface area contributed by atoms with E-state index in [2.05, 4.69) is 10.1 Å². The van der Waals surface area contributed by atoms with Crippen LogP contribution in [-0.2, 0) is 9.53 Å². The molecule has 4 heteroatoms. The molecule has 1 N–H and O–H groups in total. The summed E-state index contributed by atoms with van der Waals surface area (Å²) < 4.78 is 4.46. The van der Waals surface area contributed by atoms with Gasteiger partial charge >= 0.3 is 5.97 Å². The minimum atomic E-state index is -0.407. The van der Waals surface area contributed by atoms with Gasteiger partial charge in [0.25, 0.3) is 5.91 Å². The molecule has 16 heavy (non-hydrogen) atoms. The van der Waals surface area contributed by atoms with Crippen LogP contribution in [0, 0.1) is 0 Å². The van der Waals surface area contributed by atoms with E-state index < -0.39 is 5.97 Å². The quantitative estimate of drug-likeness (QED) is 0.614. The van der Waals surface area contributed by atoms with Crippen molar-refractivity contribution in [3.8, 4) is 0 Å². The van der Waals surface area contributed by atoms with Crippen LogP contribution in [0.25, 0.3) is 6.08 Å². The summed E-state index contributed by atoms with van der Waals surface area (Å²) in [5.74, 6) is -0.543. The van der Waals surface area contributed by atoms with Crippen molar-refractivity contribution in [1.82, 2.24) is 5.32 Å². The number of esters is 1. The zero-order valence-corrected chi connectivity index (χ0v) is 9.19. The van der Waals surface area contributed by atoms with Gasteiger partial charge in [-0.15, -0.1) is 0 Å². The van der Waals surface area contributed by atoms with Crippen molar-refractivity contribution in [1.29, 1.82) is 0 Å². The lowest BCUT2D eigenvalue weighted by Gasteiger charge is -1.99. The highest BCUT2D eigenvalue weighted by atomic mass is 16.5. The molecule has 0 unspecified atom stereocenters. The van der Waals surface area contributed by atoms with Crippen molar-refractivity contribution < 1.29 is 14.3 Å². The van der Waals surface area contributed by atoms with Crippen molar-refractivity contribution in [2.75, 3.05) is 14.2 Å². The van der Waals surface area contributed by atoms with E-state index in [0.29, 0.717) is 5.56 Å². The van der Waals surface area contributed by atoms with E-state index in [0.717, 1.165) is 5.56 Å². The van der Waals surface area contributed by atoms with Crippen molar-refractivity contribution in [2.24, 2.45) is 0 Å². The zero-order chi connectivity index (χ0) is 12.0. The van der Waals surface area contributed by atoms with Crippen LogP contribution in [0.1, 0.15) is 15.9 Å². The van der Waals surface area contributed by atoms with Crippen LogP contribution in [0.4, 0.5) is 0 Å². The predicted octanol–water partition coefficient (Wildman–Crippen LogP) is 1.23. The number of benzene rings is 1. The molecule has 1 rings (SSSR count). The molecule has 0 saturated carbocycles. The molecule has 0 spiro atoms. The Morgan fingerprint density at radius 1 is 1.25 bits per heavy atom. The topological polar surface area (TPSA) is 55.4 Å². The van der Waals surface area contributed by atoms with Gasteiger partial charge in [0.05, 0.1) is 7.11 Å². The Kier molecular flexibility index (Phi) is 4.27. The van der Waals surface area contributed by atoms with Crippen LogP contribution in [0.3, 0.4) is 0 Å². The van der Waals surface area contributed by atoms with Crippen molar-refractivity contribution >= 4 is 18.0 Å². The Labute approximate surface area is 93.9 Å². The SMILES string of the molecule is CNC(=O)c1ccc(C=CC(=O)OC)cc1. The maximum Gasteiger partial charge on any atom is 0.330 e. The first-order chi connectivity index (χ1) is 7.67. The fourth-order valence-corrected chi connectivity index (χ4v) is 1.12.